The van der Waals surface area contributed by atoms with E-state index in [2.05, 4.69) is 10.0 Å². The minimum absolute atomic E-state index is 0.0577. The summed E-state index contributed by atoms with van der Waals surface area (Å²) in [5.41, 5.74) is 2.45. The first-order chi connectivity index (χ1) is 11.5. The molecule has 2 aromatic rings. The molecule has 0 spiro atoms. The number of rotatable bonds is 4. The van der Waals surface area contributed by atoms with Crippen LogP contribution in [0.15, 0.2) is 59.5 Å². The van der Waals surface area contributed by atoms with Crippen molar-refractivity contribution in [3.8, 4) is 0 Å². The number of benzene rings is 2. The van der Waals surface area contributed by atoms with Crippen molar-refractivity contribution in [1.29, 1.82) is 0 Å². The first-order valence-electron chi connectivity index (χ1n) is 7.61. The van der Waals surface area contributed by atoms with Gasteiger partial charge in [-0.3, -0.25) is 4.79 Å². The highest BCUT2D eigenvalue weighted by molar-refractivity contribution is 7.90. The number of hydrogen-bond donors (Lipinski definition) is 2. The van der Waals surface area contributed by atoms with E-state index in [0.29, 0.717) is 12.1 Å². The van der Waals surface area contributed by atoms with Crippen molar-refractivity contribution < 1.29 is 13.2 Å². The van der Waals surface area contributed by atoms with Crippen LogP contribution in [0.3, 0.4) is 0 Å². The van der Waals surface area contributed by atoms with E-state index >= 15 is 0 Å². The van der Waals surface area contributed by atoms with E-state index in [4.69, 9.17) is 0 Å². The molecule has 5 nitrogen and oxygen atoms in total. The quantitative estimate of drug-likeness (QED) is 0.896. The van der Waals surface area contributed by atoms with Crippen LogP contribution in [0.5, 0.6) is 0 Å². The summed E-state index contributed by atoms with van der Waals surface area (Å²) >= 11 is 0. The molecule has 0 heterocycles. The van der Waals surface area contributed by atoms with Crippen LogP contribution in [-0.2, 0) is 14.8 Å². The molecule has 124 valence electrons. The number of sulfonamides is 1. The molecule has 2 N–H and O–H groups in total. The molecule has 24 heavy (non-hydrogen) atoms. The molecule has 3 rings (SSSR count). The van der Waals surface area contributed by atoms with E-state index in [9.17, 15) is 13.2 Å². The Balaban J connectivity index is 1.85. The second-order valence-corrected chi connectivity index (χ2v) is 7.25. The van der Waals surface area contributed by atoms with E-state index in [-0.39, 0.29) is 4.90 Å². The topological polar surface area (TPSA) is 75.3 Å². The van der Waals surface area contributed by atoms with Crippen LogP contribution in [0, 0.1) is 0 Å². The van der Waals surface area contributed by atoms with Gasteiger partial charge in [0.25, 0.3) is 10.0 Å². The highest BCUT2D eigenvalue weighted by Crippen LogP contribution is 2.30. The largest absolute Gasteiger partial charge is 0.388 e. The van der Waals surface area contributed by atoms with Gasteiger partial charge in [-0.05, 0) is 35.7 Å². The van der Waals surface area contributed by atoms with Crippen molar-refractivity contribution in [3.05, 3.63) is 65.7 Å². The molecule has 1 amide bonds. The maximum atomic E-state index is 12.6. The van der Waals surface area contributed by atoms with Crippen LogP contribution in [0.4, 0.5) is 5.69 Å². The summed E-state index contributed by atoms with van der Waals surface area (Å²) in [5, 5.41) is 2.88. The molecule has 0 saturated heterocycles. The molecule has 6 heteroatoms. The minimum atomic E-state index is -3.91. The van der Waals surface area contributed by atoms with Crippen molar-refractivity contribution in [1.82, 2.24) is 4.72 Å². The Hall–Kier alpha value is -2.60. The molecule has 1 unspecified atom stereocenters. The molecular formula is C18H18N2O3S. The summed E-state index contributed by atoms with van der Waals surface area (Å²) in [5.74, 6) is -1.02. The van der Waals surface area contributed by atoms with Gasteiger partial charge in [-0.1, -0.05) is 42.5 Å². The molecule has 2 aromatic carbocycles. The fourth-order valence-electron chi connectivity index (χ4n) is 2.77. The third-order valence-corrected chi connectivity index (χ3v) is 5.37. The van der Waals surface area contributed by atoms with Crippen LogP contribution in [-0.4, -0.2) is 21.4 Å². The van der Waals surface area contributed by atoms with E-state index < -0.39 is 21.8 Å². The molecule has 0 fully saturated rings. The average Bonchev–Trinajstić information content (AvgIpc) is 2.61. The molecule has 0 radical (unpaired) electrons. The van der Waals surface area contributed by atoms with Gasteiger partial charge in [0.2, 0.25) is 5.91 Å². The number of allylic oxidation sites excluding steroid dienone is 1. The molecule has 0 bridgehead atoms. The summed E-state index contributed by atoms with van der Waals surface area (Å²) in [6, 6.07) is 13.8. The van der Waals surface area contributed by atoms with Gasteiger partial charge in [0, 0.05) is 12.7 Å². The van der Waals surface area contributed by atoms with Crippen molar-refractivity contribution in [2.24, 2.45) is 0 Å². The summed E-state index contributed by atoms with van der Waals surface area (Å²) in [6.45, 7) is 0. The Morgan fingerprint density at radius 2 is 1.92 bits per heavy atom. The van der Waals surface area contributed by atoms with Crippen LogP contribution < -0.4 is 10.0 Å². The highest BCUT2D eigenvalue weighted by atomic mass is 32.2. The first-order valence-corrected chi connectivity index (χ1v) is 9.09. The first kappa shape index (κ1) is 16.3. The van der Waals surface area contributed by atoms with Crippen LogP contribution >= 0.6 is 0 Å². The van der Waals surface area contributed by atoms with Gasteiger partial charge in [0.05, 0.1) is 10.8 Å². The van der Waals surface area contributed by atoms with Gasteiger partial charge in [-0.15, -0.1) is 0 Å². The van der Waals surface area contributed by atoms with Crippen LogP contribution in [0.1, 0.15) is 23.5 Å². The molecule has 1 aliphatic rings. The maximum Gasteiger partial charge on any atom is 0.264 e. The lowest BCUT2D eigenvalue weighted by Crippen LogP contribution is -2.35. The normalized spacial score (nSPS) is 16.3. The molecule has 0 aliphatic heterocycles. The van der Waals surface area contributed by atoms with Gasteiger partial charge in [-0.2, -0.15) is 0 Å². The van der Waals surface area contributed by atoms with Gasteiger partial charge in [0.15, 0.2) is 0 Å². The van der Waals surface area contributed by atoms with E-state index in [0.717, 1.165) is 11.1 Å². The lowest BCUT2D eigenvalue weighted by Gasteiger charge is -2.21. The second kappa shape index (κ2) is 6.49. The fraction of sp³-hybridized carbons (Fsp3) is 0.167. The summed E-state index contributed by atoms with van der Waals surface area (Å²) < 4.78 is 27.2. The van der Waals surface area contributed by atoms with E-state index in [1.807, 2.05) is 36.4 Å². The number of carbonyl (C=O) groups is 1. The molecule has 1 atom stereocenters. The lowest BCUT2D eigenvalue weighted by atomic mass is 9.87. The summed E-state index contributed by atoms with van der Waals surface area (Å²) in [4.78, 5) is 12.6. The van der Waals surface area contributed by atoms with Crippen molar-refractivity contribution in [2.45, 2.75) is 17.2 Å². The zero-order valence-corrected chi connectivity index (χ0v) is 14.0. The SMILES string of the molecule is CNc1cccc(S(=O)(=O)NC(=O)C2CC=Cc3ccccc32)c1. The zero-order chi connectivity index (χ0) is 17.2. The third-order valence-electron chi connectivity index (χ3n) is 4.03. The Labute approximate surface area is 141 Å². The predicted octanol–water partition coefficient (Wildman–Crippen LogP) is 2.73. The fourth-order valence-corrected chi connectivity index (χ4v) is 3.83. The van der Waals surface area contributed by atoms with E-state index in [1.54, 1.807) is 19.2 Å². The maximum absolute atomic E-state index is 12.6. The monoisotopic (exact) mass is 342 g/mol. The molecule has 0 aromatic heterocycles. The van der Waals surface area contributed by atoms with Crippen LogP contribution in [0.2, 0.25) is 0 Å². The van der Waals surface area contributed by atoms with Gasteiger partial charge in [0.1, 0.15) is 0 Å². The van der Waals surface area contributed by atoms with Gasteiger partial charge in [-0.25, -0.2) is 13.1 Å². The summed E-state index contributed by atoms with van der Waals surface area (Å²) in [6.07, 6.45) is 4.32. The van der Waals surface area contributed by atoms with Crippen molar-refractivity contribution in [3.63, 3.8) is 0 Å². The zero-order valence-electron chi connectivity index (χ0n) is 13.2. The highest BCUT2D eigenvalue weighted by Gasteiger charge is 2.28. The smallest absolute Gasteiger partial charge is 0.264 e. The average molecular weight is 342 g/mol. The molecule has 1 aliphatic carbocycles. The van der Waals surface area contributed by atoms with Crippen molar-refractivity contribution >= 4 is 27.7 Å². The predicted molar refractivity (Wildman–Crippen MR) is 94.2 cm³/mol. The third kappa shape index (κ3) is 3.19. The number of fused-ring (bicyclic) bond motifs is 1. The lowest BCUT2D eigenvalue weighted by molar-refractivity contribution is -0.120. The van der Waals surface area contributed by atoms with Gasteiger partial charge < -0.3 is 5.32 Å². The molecule has 0 saturated carbocycles. The van der Waals surface area contributed by atoms with Crippen molar-refractivity contribution in [2.75, 3.05) is 12.4 Å². The Morgan fingerprint density at radius 3 is 2.71 bits per heavy atom. The number of anilines is 1. The number of nitrogens with one attached hydrogen (secondary N) is 2. The Kier molecular flexibility index (Phi) is 4.40. The number of carbonyl (C=O) groups excluding carboxylic acids is 1. The number of hydrogen-bond acceptors (Lipinski definition) is 4. The Bertz CT molecular complexity index is 904. The van der Waals surface area contributed by atoms with E-state index in [1.165, 1.54) is 12.1 Å². The van der Waals surface area contributed by atoms with Gasteiger partial charge >= 0.3 is 0 Å². The standard InChI is InChI=1S/C18H18N2O3S/c1-19-14-8-5-9-15(12-14)24(22,23)20-18(21)17-11-4-7-13-6-2-3-10-16(13)17/h2-10,12,17,19H,11H2,1H3,(H,20,21). The second-order valence-electron chi connectivity index (χ2n) is 5.57. The minimum Gasteiger partial charge on any atom is -0.388 e. The number of amides is 1. The van der Waals surface area contributed by atoms with Crippen LogP contribution in [0.25, 0.3) is 6.08 Å². The Morgan fingerprint density at radius 1 is 1.12 bits per heavy atom. The molecular weight excluding hydrogens is 324 g/mol. The summed E-state index contributed by atoms with van der Waals surface area (Å²) in [7, 11) is -2.20.